The van der Waals surface area contributed by atoms with Crippen LogP contribution < -0.4 is 10.7 Å². The normalized spacial score (nSPS) is 12.9. The smallest absolute Gasteiger partial charge is 0.341 e. The van der Waals surface area contributed by atoms with E-state index in [0.29, 0.717) is 24.7 Å². The van der Waals surface area contributed by atoms with Gasteiger partial charge in [0.1, 0.15) is 5.56 Å². The topological polar surface area (TPSA) is 106 Å². The van der Waals surface area contributed by atoms with Crippen LogP contribution in [0.2, 0.25) is 0 Å². The van der Waals surface area contributed by atoms with E-state index in [1.165, 1.54) is 23.5 Å². The summed E-state index contributed by atoms with van der Waals surface area (Å²) in [5.74, 6) is -0.925. The highest BCUT2D eigenvalue weighted by molar-refractivity contribution is 5.92. The van der Waals surface area contributed by atoms with Crippen molar-refractivity contribution in [3.8, 4) is 5.69 Å². The number of hydrogen-bond donors (Lipinski definition) is 2. The number of nitrogens with one attached hydrogen (secondary N) is 1. The highest BCUT2D eigenvalue weighted by Gasteiger charge is 2.18. The van der Waals surface area contributed by atoms with Gasteiger partial charge in [-0.3, -0.25) is 4.79 Å². The fourth-order valence-electron chi connectivity index (χ4n) is 3.52. The first kappa shape index (κ1) is 18.1. The van der Waals surface area contributed by atoms with Gasteiger partial charge in [0.05, 0.1) is 12.0 Å². The number of methoxy groups -OCH3 is 1. The molecule has 1 aliphatic rings. The van der Waals surface area contributed by atoms with E-state index in [0.717, 1.165) is 24.9 Å². The van der Waals surface area contributed by atoms with Gasteiger partial charge in [-0.25, -0.2) is 9.78 Å². The molecule has 1 aromatic carbocycles. The molecule has 3 aromatic rings. The Morgan fingerprint density at radius 3 is 2.93 bits per heavy atom. The van der Waals surface area contributed by atoms with E-state index in [-0.39, 0.29) is 10.9 Å². The molecule has 0 bridgehead atoms. The lowest BCUT2D eigenvalue weighted by Gasteiger charge is -2.14. The van der Waals surface area contributed by atoms with Gasteiger partial charge in [-0.1, -0.05) is 6.07 Å². The maximum absolute atomic E-state index is 12.6. The Morgan fingerprint density at radius 1 is 1.32 bits per heavy atom. The molecule has 8 nitrogen and oxygen atoms in total. The maximum atomic E-state index is 12.6. The predicted octanol–water partition coefficient (Wildman–Crippen LogP) is 2.03. The number of pyridine rings is 1. The second-order valence-electron chi connectivity index (χ2n) is 6.70. The number of carboxylic acids is 1. The lowest BCUT2D eigenvalue weighted by molar-refractivity contribution is 0.0695. The number of carbonyl (C=O) groups is 1. The molecule has 0 amide bonds. The number of hydrogen-bond acceptors (Lipinski definition) is 6. The largest absolute Gasteiger partial charge is 0.477 e. The second-order valence-corrected chi connectivity index (χ2v) is 6.70. The Labute approximate surface area is 160 Å². The number of anilines is 1. The van der Waals surface area contributed by atoms with Crippen LogP contribution >= 0.6 is 0 Å². The van der Waals surface area contributed by atoms with Crippen LogP contribution in [0.25, 0.3) is 16.7 Å². The zero-order valence-corrected chi connectivity index (χ0v) is 15.4. The third-order valence-corrected chi connectivity index (χ3v) is 4.92. The molecule has 0 unspecified atom stereocenters. The molecule has 4 rings (SSSR count). The quantitative estimate of drug-likeness (QED) is 0.630. The van der Waals surface area contributed by atoms with Crippen LogP contribution in [0, 0.1) is 0 Å². The maximum Gasteiger partial charge on any atom is 0.341 e. The minimum Gasteiger partial charge on any atom is -0.477 e. The van der Waals surface area contributed by atoms with Crippen molar-refractivity contribution < 1.29 is 14.6 Å². The Bertz CT molecular complexity index is 1120. The molecular formula is C20H20N4O4. The molecule has 8 heteroatoms. The van der Waals surface area contributed by atoms with Crippen molar-refractivity contribution in [2.75, 3.05) is 25.6 Å². The standard InChI is InChI=1S/C20H20N4O4/c1-28-8-7-21-20-22-10-15-17(25)16(19(26)27)11-24(18(15)23-20)14-6-5-12-3-2-4-13(12)9-14/h5-6,9-11H,2-4,7-8H2,1H3,(H,26,27)(H,21,22,23). The van der Waals surface area contributed by atoms with Gasteiger partial charge in [0.15, 0.2) is 5.65 Å². The monoisotopic (exact) mass is 380 g/mol. The van der Waals surface area contributed by atoms with E-state index in [9.17, 15) is 14.7 Å². The zero-order valence-electron chi connectivity index (χ0n) is 15.4. The number of carboxylic acid groups (broad SMARTS) is 1. The summed E-state index contributed by atoms with van der Waals surface area (Å²) in [5, 5.41) is 12.7. The van der Waals surface area contributed by atoms with E-state index in [2.05, 4.69) is 21.4 Å². The predicted molar refractivity (Wildman–Crippen MR) is 104 cm³/mol. The highest BCUT2D eigenvalue weighted by atomic mass is 16.5. The summed E-state index contributed by atoms with van der Waals surface area (Å²) in [4.78, 5) is 32.8. The number of aromatic nitrogens is 3. The second kappa shape index (κ2) is 7.40. The molecule has 0 radical (unpaired) electrons. The van der Waals surface area contributed by atoms with Gasteiger partial charge in [-0.2, -0.15) is 4.98 Å². The Morgan fingerprint density at radius 2 is 2.14 bits per heavy atom. The summed E-state index contributed by atoms with van der Waals surface area (Å²) in [6, 6.07) is 6.03. The van der Waals surface area contributed by atoms with Crippen LogP contribution in [-0.2, 0) is 17.6 Å². The van der Waals surface area contributed by atoms with Crippen LogP contribution in [0.1, 0.15) is 27.9 Å². The summed E-state index contributed by atoms with van der Waals surface area (Å²) in [7, 11) is 1.60. The number of ether oxygens (including phenoxy) is 1. The average molecular weight is 380 g/mol. The molecule has 144 valence electrons. The summed E-state index contributed by atoms with van der Waals surface area (Å²) >= 11 is 0. The Balaban J connectivity index is 1.91. The molecule has 2 N–H and O–H groups in total. The average Bonchev–Trinajstić information content (AvgIpc) is 3.16. The van der Waals surface area contributed by atoms with Gasteiger partial charge >= 0.3 is 5.97 Å². The van der Waals surface area contributed by atoms with Gasteiger partial charge in [0, 0.05) is 31.7 Å². The first-order valence-electron chi connectivity index (χ1n) is 9.09. The molecule has 2 heterocycles. The molecule has 0 saturated heterocycles. The van der Waals surface area contributed by atoms with Gasteiger partial charge in [-0.05, 0) is 42.5 Å². The van der Waals surface area contributed by atoms with Crippen molar-refractivity contribution in [2.45, 2.75) is 19.3 Å². The minimum absolute atomic E-state index is 0.165. The van der Waals surface area contributed by atoms with Crippen LogP contribution in [0.3, 0.4) is 0 Å². The first-order valence-corrected chi connectivity index (χ1v) is 9.09. The zero-order chi connectivity index (χ0) is 19.7. The highest BCUT2D eigenvalue weighted by Crippen LogP contribution is 2.26. The molecule has 28 heavy (non-hydrogen) atoms. The van der Waals surface area contributed by atoms with Crippen molar-refractivity contribution in [3.05, 3.63) is 57.5 Å². The number of rotatable bonds is 6. The number of nitrogens with zero attached hydrogens (tertiary/aromatic N) is 3. The van der Waals surface area contributed by atoms with Gasteiger partial charge in [0.25, 0.3) is 0 Å². The third kappa shape index (κ3) is 3.22. The lowest BCUT2D eigenvalue weighted by Crippen LogP contribution is -2.20. The molecular weight excluding hydrogens is 360 g/mol. The van der Waals surface area contributed by atoms with E-state index in [4.69, 9.17) is 4.74 Å². The third-order valence-electron chi connectivity index (χ3n) is 4.92. The van der Waals surface area contributed by atoms with Gasteiger partial charge < -0.3 is 19.7 Å². The molecule has 0 saturated carbocycles. The summed E-state index contributed by atoms with van der Waals surface area (Å²) in [5.41, 5.74) is 2.79. The van der Waals surface area contributed by atoms with Crippen LogP contribution in [0.4, 0.5) is 5.95 Å². The summed E-state index contributed by atoms with van der Waals surface area (Å²) in [6.07, 6.45) is 5.87. The molecule has 0 fully saturated rings. The summed E-state index contributed by atoms with van der Waals surface area (Å²) < 4.78 is 6.66. The van der Waals surface area contributed by atoms with Crippen molar-refractivity contribution in [3.63, 3.8) is 0 Å². The molecule has 0 spiro atoms. The fourth-order valence-corrected chi connectivity index (χ4v) is 3.52. The lowest BCUT2D eigenvalue weighted by atomic mass is 10.1. The SMILES string of the molecule is COCCNc1ncc2c(=O)c(C(=O)O)cn(-c3ccc4c(c3)CCC4)c2n1. The Hall–Kier alpha value is -3.26. The van der Waals surface area contributed by atoms with E-state index < -0.39 is 11.4 Å². The van der Waals surface area contributed by atoms with E-state index >= 15 is 0 Å². The van der Waals surface area contributed by atoms with Crippen LogP contribution in [0.15, 0.2) is 35.4 Å². The van der Waals surface area contributed by atoms with Crippen LogP contribution in [0.5, 0.6) is 0 Å². The number of benzene rings is 1. The van der Waals surface area contributed by atoms with E-state index in [1.54, 1.807) is 11.7 Å². The van der Waals surface area contributed by atoms with Crippen molar-refractivity contribution >= 4 is 23.0 Å². The minimum atomic E-state index is -1.27. The van der Waals surface area contributed by atoms with Crippen LogP contribution in [-0.4, -0.2) is 45.9 Å². The first-order chi connectivity index (χ1) is 13.6. The fraction of sp³-hybridized carbons (Fsp3) is 0.300. The summed E-state index contributed by atoms with van der Waals surface area (Å²) in [6.45, 7) is 0.995. The molecule has 1 aliphatic carbocycles. The number of fused-ring (bicyclic) bond motifs is 2. The van der Waals surface area contributed by atoms with Crippen molar-refractivity contribution in [1.29, 1.82) is 0 Å². The molecule has 2 aromatic heterocycles. The van der Waals surface area contributed by atoms with Gasteiger partial charge in [-0.15, -0.1) is 0 Å². The van der Waals surface area contributed by atoms with Gasteiger partial charge in [0.2, 0.25) is 11.4 Å². The number of aromatic carboxylic acids is 1. The molecule has 0 aliphatic heterocycles. The number of aryl methyl sites for hydroxylation is 2. The van der Waals surface area contributed by atoms with Crippen molar-refractivity contribution in [2.24, 2.45) is 0 Å². The Kier molecular flexibility index (Phi) is 4.79. The van der Waals surface area contributed by atoms with E-state index in [1.807, 2.05) is 12.1 Å². The molecule has 0 atom stereocenters. The van der Waals surface area contributed by atoms with Crippen molar-refractivity contribution in [1.82, 2.24) is 14.5 Å².